The molecule has 0 bridgehead atoms. The minimum Gasteiger partial charge on any atom is -0.237 e. The van der Waals surface area contributed by atoms with Gasteiger partial charge in [-0.05, 0) is 6.42 Å². The van der Waals surface area contributed by atoms with Gasteiger partial charge in [0.1, 0.15) is 0 Å². The van der Waals surface area contributed by atoms with Crippen LogP contribution in [0.1, 0.15) is 6.42 Å². The fraction of sp³-hybridized carbons (Fsp3) is 1.00. The van der Waals surface area contributed by atoms with Gasteiger partial charge in [-0.15, -0.1) is 0 Å². The Morgan fingerprint density at radius 3 is 1.89 bits per heavy atom. The van der Waals surface area contributed by atoms with Gasteiger partial charge in [-0.25, -0.2) is 4.39 Å². The Balaban J connectivity index is 3.59. The Labute approximate surface area is 63.8 Å². The molecule has 0 aliphatic heterocycles. The lowest BCUT2D eigenvalue weighted by Gasteiger charge is -2.09. The van der Waals surface area contributed by atoms with Crippen molar-refractivity contribution in [3.63, 3.8) is 0 Å². The molecule has 56 valence electrons. The van der Waals surface area contributed by atoms with Gasteiger partial charge >= 0.3 is 6.18 Å². The van der Waals surface area contributed by atoms with Crippen molar-refractivity contribution in [3.8, 4) is 0 Å². The van der Waals surface area contributed by atoms with Crippen LogP contribution in [-0.2, 0) is 0 Å². The normalized spacial score (nSPS) is 15.7. The third-order valence-corrected chi connectivity index (χ3v) is 1.34. The number of hydrogen-bond donors (Lipinski definition) is 0. The molecule has 5 heteroatoms. The molecule has 0 fully saturated rings. The van der Waals surface area contributed by atoms with E-state index in [1.54, 1.807) is 22.6 Å². The molecule has 0 aliphatic carbocycles. The van der Waals surface area contributed by atoms with E-state index in [1.807, 2.05) is 0 Å². The first-order chi connectivity index (χ1) is 3.98. The van der Waals surface area contributed by atoms with Crippen LogP contribution in [0, 0.1) is 0 Å². The smallest absolute Gasteiger partial charge is 0.237 e. The topological polar surface area (TPSA) is 0 Å². The average Bonchev–Trinajstić information content (AvgIpc) is 1.64. The zero-order valence-corrected chi connectivity index (χ0v) is 6.54. The van der Waals surface area contributed by atoms with E-state index in [1.165, 1.54) is 0 Å². The molecule has 0 aromatic heterocycles. The van der Waals surface area contributed by atoms with E-state index in [0.717, 1.165) is 0 Å². The molecule has 1 atom stereocenters. The van der Waals surface area contributed by atoms with Crippen molar-refractivity contribution in [2.24, 2.45) is 0 Å². The number of alkyl halides is 5. The SMILES string of the molecule is FC(CCI)C(F)(F)F. The molecule has 0 N–H and O–H groups in total. The molecule has 0 radical (unpaired) electrons. The van der Waals surface area contributed by atoms with Gasteiger partial charge in [-0.2, -0.15) is 13.2 Å². The lowest BCUT2D eigenvalue weighted by Crippen LogP contribution is -2.24. The monoisotopic (exact) mass is 256 g/mol. The third kappa shape index (κ3) is 3.94. The molecule has 0 saturated carbocycles. The quantitative estimate of drug-likeness (QED) is 0.405. The summed E-state index contributed by atoms with van der Waals surface area (Å²) in [6.07, 6.45) is -7.75. The summed E-state index contributed by atoms with van der Waals surface area (Å²) in [4.78, 5) is 0. The van der Waals surface area contributed by atoms with Gasteiger partial charge in [0, 0.05) is 4.43 Å². The highest BCUT2D eigenvalue weighted by molar-refractivity contribution is 14.1. The van der Waals surface area contributed by atoms with Crippen molar-refractivity contribution >= 4 is 22.6 Å². The lowest BCUT2D eigenvalue weighted by molar-refractivity contribution is -0.180. The molecule has 0 rings (SSSR count). The van der Waals surface area contributed by atoms with Gasteiger partial charge in [0.15, 0.2) is 6.17 Å². The summed E-state index contributed by atoms with van der Waals surface area (Å²) >= 11 is 1.70. The molecule has 0 heterocycles. The van der Waals surface area contributed by atoms with E-state index >= 15 is 0 Å². The number of hydrogen-bond acceptors (Lipinski definition) is 0. The second kappa shape index (κ2) is 3.58. The summed E-state index contributed by atoms with van der Waals surface area (Å²) < 4.78 is 45.7. The molecule has 1 unspecified atom stereocenters. The van der Waals surface area contributed by atoms with Crippen molar-refractivity contribution in [3.05, 3.63) is 0 Å². The van der Waals surface area contributed by atoms with Crippen LogP contribution in [0.4, 0.5) is 17.6 Å². The van der Waals surface area contributed by atoms with Crippen molar-refractivity contribution in [2.75, 3.05) is 4.43 Å². The maximum atomic E-state index is 11.8. The van der Waals surface area contributed by atoms with Gasteiger partial charge in [-0.3, -0.25) is 0 Å². The Kier molecular flexibility index (Phi) is 3.76. The Bertz CT molecular complexity index is 79.1. The molecule has 0 aromatic rings. The van der Waals surface area contributed by atoms with Crippen LogP contribution >= 0.6 is 22.6 Å². The van der Waals surface area contributed by atoms with Crippen LogP contribution in [0.2, 0.25) is 0 Å². The van der Waals surface area contributed by atoms with Crippen molar-refractivity contribution in [1.29, 1.82) is 0 Å². The fourth-order valence-electron chi connectivity index (χ4n) is 0.259. The third-order valence-electron chi connectivity index (χ3n) is 0.718. The molecule has 0 spiro atoms. The highest BCUT2D eigenvalue weighted by Gasteiger charge is 2.39. The fourth-order valence-corrected chi connectivity index (χ4v) is 0.806. The summed E-state index contributed by atoms with van der Waals surface area (Å²) in [5, 5.41) is 0. The highest BCUT2D eigenvalue weighted by Crippen LogP contribution is 2.25. The predicted octanol–water partition coefficient (Wildman–Crippen LogP) is 2.71. The molecule has 0 aliphatic rings. The van der Waals surface area contributed by atoms with E-state index in [2.05, 4.69) is 0 Å². The molecule has 0 aromatic carbocycles. The van der Waals surface area contributed by atoms with Crippen LogP contribution in [0.15, 0.2) is 0 Å². The molecule has 0 amide bonds. The summed E-state index contributed by atoms with van der Waals surface area (Å²) in [5.41, 5.74) is 0. The summed E-state index contributed by atoms with van der Waals surface area (Å²) in [6.45, 7) is 0. The van der Waals surface area contributed by atoms with Crippen LogP contribution in [0.25, 0.3) is 0 Å². The Morgan fingerprint density at radius 2 is 1.78 bits per heavy atom. The van der Waals surface area contributed by atoms with Crippen molar-refractivity contribution in [2.45, 2.75) is 18.8 Å². The van der Waals surface area contributed by atoms with E-state index in [-0.39, 0.29) is 4.43 Å². The number of halogens is 5. The van der Waals surface area contributed by atoms with Gasteiger partial charge < -0.3 is 0 Å². The van der Waals surface area contributed by atoms with Crippen LogP contribution in [0.3, 0.4) is 0 Å². The summed E-state index contributed by atoms with van der Waals surface area (Å²) in [5.74, 6) is 0. The maximum absolute atomic E-state index is 11.8. The zero-order chi connectivity index (χ0) is 7.49. The van der Waals surface area contributed by atoms with Gasteiger partial charge in [0.2, 0.25) is 0 Å². The van der Waals surface area contributed by atoms with E-state index in [4.69, 9.17) is 0 Å². The van der Waals surface area contributed by atoms with E-state index in [9.17, 15) is 17.6 Å². The summed E-state index contributed by atoms with van der Waals surface area (Å²) in [7, 11) is 0. The predicted molar refractivity (Wildman–Crippen MR) is 34.5 cm³/mol. The summed E-state index contributed by atoms with van der Waals surface area (Å²) in [6, 6.07) is 0. The van der Waals surface area contributed by atoms with Crippen LogP contribution in [-0.4, -0.2) is 16.8 Å². The minimum atomic E-state index is -4.66. The first-order valence-electron chi connectivity index (χ1n) is 2.25. The Morgan fingerprint density at radius 1 is 1.33 bits per heavy atom. The van der Waals surface area contributed by atoms with Gasteiger partial charge in [0.25, 0.3) is 0 Å². The van der Waals surface area contributed by atoms with Gasteiger partial charge in [-0.1, -0.05) is 22.6 Å². The zero-order valence-electron chi connectivity index (χ0n) is 4.38. The average molecular weight is 256 g/mol. The first kappa shape index (κ1) is 9.45. The van der Waals surface area contributed by atoms with Crippen molar-refractivity contribution < 1.29 is 17.6 Å². The minimum absolute atomic E-state index is 0.193. The molecule has 9 heavy (non-hydrogen) atoms. The second-order valence-corrected chi connectivity index (χ2v) is 2.57. The van der Waals surface area contributed by atoms with Crippen LogP contribution < -0.4 is 0 Å². The van der Waals surface area contributed by atoms with Gasteiger partial charge in [0.05, 0.1) is 0 Å². The lowest BCUT2D eigenvalue weighted by atomic mass is 10.3. The standard InChI is InChI=1S/C4H5F4I/c5-3(1-2-9)4(6,7)8/h3H,1-2H2. The highest BCUT2D eigenvalue weighted by atomic mass is 127. The molecular formula is C4H5F4I. The van der Waals surface area contributed by atoms with E-state index in [0.29, 0.717) is 0 Å². The molecule has 0 nitrogen and oxygen atoms in total. The van der Waals surface area contributed by atoms with E-state index < -0.39 is 18.8 Å². The maximum Gasteiger partial charge on any atom is 0.419 e. The van der Waals surface area contributed by atoms with Crippen molar-refractivity contribution in [1.82, 2.24) is 0 Å². The largest absolute Gasteiger partial charge is 0.419 e. The molecular weight excluding hydrogens is 251 g/mol. The van der Waals surface area contributed by atoms with Crippen LogP contribution in [0.5, 0.6) is 0 Å². The molecule has 0 saturated heterocycles. The first-order valence-corrected chi connectivity index (χ1v) is 3.77. The second-order valence-electron chi connectivity index (χ2n) is 1.49. The number of rotatable bonds is 2. The Hall–Kier alpha value is 0.450.